The van der Waals surface area contributed by atoms with Gasteiger partial charge >= 0.3 is 5.97 Å². The maximum Gasteiger partial charge on any atom is 0.324 e. The second-order valence-electron chi connectivity index (χ2n) is 4.98. The minimum Gasteiger partial charge on any atom is -0.480 e. The quantitative estimate of drug-likeness (QED) is 0.633. The van der Waals surface area contributed by atoms with Gasteiger partial charge in [0.1, 0.15) is 6.04 Å². The topological polar surface area (TPSA) is 122 Å². The molecule has 9 heteroatoms. The van der Waals surface area contributed by atoms with Crippen molar-refractivity contribution in [3.8, 4) is 0 Å². The summed E-state index contributed by atoms with van der Waals surface area (Å²) in [6.07, 6.45) is 1.33. The van der Waals surface area contributed by atoms with Gasteiger partial charge in [-0.2, -0.15) is 4.72 Å². The normalized spacial score (nSPS) is 15.2. The van der Waals surface area contributed by atoms with Crippen molar-refractivity contribution in [2.24, 2.45) is 5.92 Å². The van der Waals surface area contributed by atoms with E-state index in [2.05, 4.69) is 4.98 Å². The van der Waals surface area contributed by atoms with Crippen LogP contribution in [-0.4, -0.2) is 46.3 Å². The molecule has 0 aliphatic heterocycles. The number of aromatic nitrogens is 2. The first kappa shape index (κ1) is 16.6. The molecule has 0 spiro atoms. The highest BCUT2D eigenvalue weighted by molar-refractivity contribution is 7.89. The summed E-state index contributed by atoms with van der Waals surface area (Å²) in [6.45, 7) is 5.74. The van der Waals surface area contributed by atoms with E-state index in [0.29, 0.717) is 12.5 Å². The number of carbonyl (C=O) groups is 1. The third kappa shape index (κ3) is 4.29. The summed E-state index contributed by atoms with van der Waals surface area (Å²) >= 11 is 0. The van der Waals surface area contributed by atoms with Crippen LogP contribution in [0.1, 0.15) is 20.8 Å². The van der Waals surface area contributed by atoms with Crippen molar-refractivity contribution in [3.05, 3.63) is 12.5 Å². The summed E-state index contributed by atoms with van der Waals surface area (Å²) in [5.74, 6) is -1.14. The Bertz CT molecular complexity index is 564. The highest BCUT2D eigenvalue weighted by atomic mass is 32.2. The molecular weight excluding hydrogens is 286 g/mol. The third-order valence-electron chi connectivity index (χ3n) is 2.49. The first-order valence-electron chi connectivity index (χ1n) is 6.08. The van der Waals surface area contributed by atoms with E-state index in [4.69, 9.17) is 5.11 Å². The fraction of sp³-hybridized carbons (Fsp3) is 0.636. The minimum atomic E-state index is -4.09. The fourth-order valence-electron chi connectivity index (χ4n) is 1.58. The summed E-state index contributed by atoms with van der Waals surface area (Å²) in [4.78, 5) is 14.6. The van der Waals surface area contributed by atoms with Crippen LogP contribution in [0.2, 0.25) is 0 Å². The van der Waals surface area contributed by atoms with Gasteiger partial charge in [0.2, 0.25) is 0 Å². The molecule has 114 valence electrons. The maximum atomic E-state index is 12.0. The van der Waals surface area contributed by atoms with E-state index in [-0.39, 0.29) is 5.03 Å². The average molecular weight is 305 g/mol. The number of nitrogens with zero attached hydrogens (tertiary/aromatic N) is 2. The largest absolute Gasteiger partial charge is 0.480 e. The predicted octanol–water partition coefficient (Wildman–Crippen LogP) is -0.349. The Morgan fingerprint density at radius 2 is 2.05 bits per heavy atom. The number of aliphatic hydroxyl groups excluding tert-OH is 1. The predicted molar refractivity (Wildman–Crippen MR) is 70.5 cm³/mol. The summed E-state index contributed by atoms with van der Waals surface area (Å²) in [5.41, 5.74) is 0. The standard InChI is InChI=1S/C11H19N3O5S/c1-7(2)4-14-5-9(12-6-14)20(18,19)13-10(8(3)15)11(16)17/h5-8,10,13,15H,4H2,1-3H3,(H,16,17)/t8-,10-/m0/s1. The smallest absolute Gasteiger partial charge is 0.324 e. The number of aliphatic carboxylic acids is 1. The SMILES string of the molecule is CC(C)Cn1cnc(S(=O)(=O)N[C@H](C(=O)O)[C@H](C)O)c1. The van der Waals surface area contributed by atoms with E-state index in [1.807, 2.05) is 18.6 Å². The first-order chi connectivity index (χ1) is 9.13. The molecule has 0 fully saturated rings. The van der Waals surface area contributed by atoms with Gasteiger partial charge in [-0.1, -0.05) is 13.8 Å². The van der Waals surface area contributed by atoms with Crippen molar-refractivity contribution in [3.63, 3.8) is 0 Å². The van der Waals surface area contributed by atoms with Gasteiger partial charge < -0.3 is 14.8 Å². The van der Waals surface area contributed by atoms with E-state index in [1.165, 1.54) is 19.4 Å². The number of hydrogen-bond acceptors (Lipinski definition) is 5. The summed E-state index contributed by atoms with van der Waals surface area (Å²) in [5, 5.41) is 17.9. The van der Waals surface area contributed by atoms with Crippen LogP contribution in [0.4, 0.5) is 0 Å². The number of carboxylic acid groups (broad SMARTS) is 1. The van der Waals surface area contributed by atoms with Gasteiger partial charge in [-0.05, 0) is 12.8 Å². The lowest BCUT2D eigenvalue weighted by molar-refractivity contribution is -0.141. The molecule has 0 unspecified atom stereocenters. The van der Waals surface area contributed by atoms with Crippen LogP contribution in [0, 0.1) is 5.92 Å². The number of carboxylic acids is 1. The van der Waals surface area contributed by atoms with Crippen LogP contribution in [0.15, 0.2) is 17.6 Å². The van der Waals surface area contributed by atoms with Crippen LogP contribution >= 0.6 is 0 Å². The minimum absolute atomic E-state index is 0.273. The van der Waals surface area contributed by atoms with Gasteiger partial charge in [0.15, 0.2) is 5.03 Å². The van der Waals surface area contributed by atoms with E-state index >= 15 is 0 Å². The molecule has 0 aromatic carbocycles. The highest BCUT2D eigenvalue weighted by Crippen LogP contribution is 2.09. The molecule has 0 bridgehead atoms. The lowest BCUT2D eigenvalue weighted by atomic mass is 10.2. The molecule has 2 atom stereocenters. The lowest BCUT2D eigenvalue weighted by Gasteiger charge is -2.16. The highest BCUT2D eigenvalue weighted by Gasteiger charge is 2.30. The van der Waals surface area contributed by atoms with Gasteiger partial charge in [0, 0.05) is 12.7 Å². The van der Waals surface area contributed by atoms with Crippen LogP contribution in [0.25, 0.3) is 0 Å². The molecule has 0 saturated carbocycles. The third-order valence-corrected chi connectivity index (χ3v) is 3.82. The Balaban J connectivity index is 2.93. The lowest BCUT2D eigenvalue weighted by Crippen LogP contribution is -2.47. The molecule has 20 heavy (non-hydrogen) atoms. The molecule has 0 radical (unpaired) electrons. The van der Waals surface area contributed by atoms with E-state index in [9.17, 15) is 18.3 Å². The van der Waals surface area contributed by atoms with E-state index < -0.39 is 28.1 Å². The number of rotatable bonds is 7. The average Bonchev–Trinajstić information content (AvgIpc) is 2.73. The van der Waals surface area contributed by atoms with E-state index in [0.717, 1.165) is 0 Å². The van der Waals surface area contributed by atoms with Crippen LogP contribution in [-0.2, 0) is 21.4 Å². The molecule has 0 aliphatic rings. The Hall–Kier alpha value is -1.45. The first-order valence-corrected chi connectivity index (χ1v) is 7.56. The van der Waals surface area contributed by atoms with Crippen molar-refractivity contribution >= 4 is 16.0 Å². The van der Waals surface area contributed by atoms with Gasteiger partial charge in [0.25, 0.3) is 10.0 Å². The van der Waals surface area contributed by atoms with Gasteiger partial charge in [-0.15, -0.1) is 0 Å². The number of aliphatic hydroxyl groups is 1. The van der Waals surface area contributed by atoms with E-state index in [1.54, 1.807) is 4.57 Å². The molecule has 1 heterocycles. The number of sulfonamides is 1. The molecule has 8 nitrogen and oxygen atoms in total. The number of hydrogen-bond donors (Lipinski definition) is 3. The maximum absolute atomic E-state index is 12.0. The molecule has 0 aliphatic carbocycles. The molecule has 1 aromatic rings. The Kier molecular flexibility index (Phi) is 5.26. The summed E-state index contributed by atoms with van der Waals surface area (Å²) < 4.78 is 27.5. The zero-order valence-corrected chi connectivity index (χ0v) is 12.3. The van der Waals surface area contributed by atoms with Crippen molar-refractivity contribution in [2.75, 3.05) is 0 Å². The Labute approximate surface area is 117 Å². The van der Waals surface area contributed by atoms with Crippen LogP contribution in [0.3, 0.4) is 0 Å². The van der Waals surface area contributed by atoms with Gasteiger partial charge in [-0.25, -0.2) is 13.4 Å². The van der Waals surface area contributed by atoms with Crippen molar-refractivity contribution in [2.45, 2.75) is 44.5 Å². The van der Waals surface area contributed by atoms with Crippen molar-refractivity contribution in [1.82, 2.24) is 14.3 Å². The van der Waals surface area contributed by atoms with Crippen LogP contribution < -0.4 is 4.72 Å². The Morgan fingerprint density at radius 3 is 2.50 bits per heavy atom. The zero-order valence-electron chi connectivity index (χ0n) is 11.5. The van der Waals surface area contributed by atoms with Crippen LogP contribution in [0.5, 0.6) is 0 Å². The molecule has 0 saturated heterocycles. The summed E-state index contributed by atoms with van der Waals surface area (Å²) in [7, 11) is -4.09. The Morgan fingerprint density at radius 1 is 1.45 bits per heavy atom. The number of imidazole rings is 1. The van der Waals surface area contributed by atoms with Gasteiger partial charge in [0.05, 0.1) is 12.4 Å². The molecule has 0 amide bonds. The van der Waals surface area contributed by atoms with Gasteiger partial charge in [-0.3, -0.25) is 4.79 Å². The molecule has 3 N–H and O–H groups in total. The molecule has 1 aromatic heterocycles. The zero-order chi connectivity index (χ0) is 15.5. The monoisotopic (exact) mass is 305 g/mol. The second-order valence-corrected chi connectivity index (χ2v) is 6.64. The molecular formula is C11H19N3O5S. The second kappa shape index (κ2) is 6.33. The van der Waals surface area contributed by atoms with Crippen molar-refractivity contribution < 1.29 is 23.4 Å². The number of nitrogens with one attached hydrogen (secondary N) is 1. The summed E-state index contributed by atoms with van der Waals surface area (Å²) in [6, 6.07) is -1.62. The molecule has 1 rings (SSSR count). The fourth-order valence-corrected chi connectivity index (χ4v) is 2.80. The van der Waals surface area contributed by atoms with Crippen molar-refractivity contribution in [1.29, 1.82) is 0 Å².